The zero-order valence-corrected chi connectivity index (χ0v) is 16.9. The number of rotatable bonds is 7. The van der Waals surface area contributed by atoms with Crippen LogP contribution in [-0.4, -0.2) is 55.8 Å². The molecule has 4 rings (SSSR count). The number of carbonyl (C=O) groups is 1. The molecule has 0 unspecified atom stereocenters. The fraction of sp³-hybridized carbons (Fsp3) is 0.364. The lowest BCUT2D eigenvalue weighted by Gasteiger charge is -2.36. The maximum Gasteiger partial charge on any atom is 0.254 e. The summed E-state index contributed by atoms with van der Waals surface area (Å²) in [5.74, 6) is -1.08. The number of halogens is 1. The van der Waals surface area contributed by atoms with Crippen molar-refractivity contribution < 1.29 is 19.0 Å². The van der Waals surface area contributed by atoms with Gasteiger partial charge in [-0.3, -0.25) is 14.5 Å². The van der Waals surface area contributed by atoms with E-state index in [4.69, 9.17) is 4.74 Å². The van der Waals surface area contributed by atoms with Gasteiger partial charge in [0, 0.05) is 24.5 Å². The van der Waals surface area contributed by atoms with Crippen LogP contribution in [0.5, 0.6) is 0 Å². The summed E-state index contributed by atoms with van der Waals surface area (Å²) in [6, 6.07) is 9.22. The third-order valence-corrected chi connectivity index (χ3v) is 5.41. The van der Waals surface area contributed by atoms with Crippen LogP contribution in [0.25, 0.3) is 11.3 Å². The number of ether oxygens (including phenoxy) is 1. The van der Waals surface area contributed by atoms with Crippen molar-refractivity contribution >= 4 is 5.91 Å². The number of amides is 1. The summed E-state index contributed by atoms with van der Waals surface area (Å²) in [4.78, 5) is 16.5. The first kappa shape index (κ1) is 21.1. The van der Waals surface area contributed by atoms with Gasteiger partial charge in [0.2, 0.25) is 0 Å². The zero-order valence-electron chi connectivity index (χ0n) is 16.9. The summed E-state index contributed by atoms with van der Waals surface area (Å²) >= 11 is 0. The van der Waals surface area contributed by atoms with Crippen LogP contribution in [0.3, 0.4) is 0 Å². The van der Waals surface area contributed by atoms with Crippen molar-refractivity contribution in [1.29, 1.82) is 0 Å². The van der Waals surface area contributed by atoms with E-state index in [-0.39, 0.29) is 24.3 Å². The van der Waals surface area contributed by atoms with Crippen molar-refractivity contribution in [2.75, 3.05) is 6.61 Å². The normalized spacial score (nSPS) is 21.0. The van der Waals surface area contributed by atoms with Crippen molar-refractivity contribution in [2.45, 2.75) is 44.1 Å². The van der Waals surface area contributed by atoms with E-state index in [2.05, 4.69) is 20.6 Å². The molecule has 9 heteroatoms. The van der Waals surface area contributed by atoms with E-state index in [9.17, 15) is 14.3 Å². The molecule has 0 saturated carbocycles. The number of aliphatic hydroxyl groups is 1. The van der Waals surface area contributed by atoms with Gasteiger partial charge in [-0.05, 0) is 43.5 Å². The summed E-state index contributed by atoms with van der Waals surface area (Å²) < 4.78 is 21.6. The van der Waals surface area contributed by atoms with Crippen molar-refractivity contribution in [3.63, 3.8) is 0 Å². The predicted molar refractivity (Wildman–Crippen MR) is 111 cm³/mol. The third kappa shape index (κ3) is 5.12. The van der Waals surface area contributed by atoms with Gasteiger partial charge in [-0.15, -0.1) is 5.10 Å². The Labute approximate surface area is 179 Å². The summed E-state index contributed by atoms with van der Waals surface area (Å²) in [5.41, 5.74) is 1.63. The molecule has 0 bridgehead atoms. The van der Waals surface area contributed by atoms with Crippen molar-refractivity contribution in [3.05, 3.63) is 66.4 Å². The largest absolute Gasteiger partial charge is 0.394 e. The van der Waals surface area contributed by atoms with E-state index in [0.29, 0.717) is 25.8 Å². The minimum atomic E-state index is -0.575. The second-order valence-corrected chi connectivity index (χ2v) is 7.51. The lowest BCUT2D eigenvalue weighted by molar-refractivity contribution is -0.0912. The van der Waals surface area contributed by atoms with Gasteiger partial charge in [0.25, 0.3) is 5.91 Å². The Morgan fingerprint density at radius 1 is 1.26 bits per heavy atom. The molecule has 1 aromatic carbocycles. The first-order valence-corrected chi connectivity index (χ1v) is 10.3. The smallest absolute Gasteiger partial charge is 0.254 e. The average molecular weight is 425 g/mol. The van der Waals surface area contributed by atoms with Crippen LogP contribution in [0.4, 0.5) is 4.39 Å². The van der Waals surface area contributed by atoms with E-state index in [0.717, 1.165) is 11.3 Å². The standard InChI is InChI=1S/C22H24FN5O3/c23-18-6-2-1-5-17(18)22(30)25-19-8-7-16(31-21(19)14-29)9-11-28-13-20(26-27-28)15-4-3-10-24-12-15/h1-6,10,12-13,16,19,21,29H,7-9,11,14H2,(H,25,30)/t16-,19-,21+/m0/s1. The zero-order chi connectivity index (χ0) is 21.6. The number of hydrogen-bond donors (Lipinski definition) is 2. The van der Waals surface area contributed by atoms with Crippen LogP contribution in [-0.2, 0) is 11.3 Å². The molecule has 2 N–H and O–H groups in total. The number of carbonyl (C=O) groups excluding carboxylic acids is 1. The molecule has 1 fully saturated rings. The molecule has 2 aromatic heterocycles. The number of aryl methyl sites for hydroxylation is 1. The van der Waals surface area contributed by atoms with Crippen molar-refractivity contribution in [2.24, 2.45) is 0 Å². The molecule has 8 nitrogen and oxygen atoms in total. The maximum atomic E-state index is 13.8. The Hall–Kier alpha value is -3.17. The molecule has 1 saturated heterocycles. The molecule has 162 valence electrons. The molecular formula is C22H24FN5O3. The highest BCUT2D eigenvalue weighted by Gasteiger charge is 2.32. The SMILES string of the molecule is O=C(N[C@H]1CC[C@@H](CCn2cc(-c3cccnc3)nn2)O[C@@H]1CO)c1ccccc1F. The number of aliphatic hydroxyl groups excluding tert-OH is 1. The van der Waals surface area contributed by atoms with E-state index in [1.165, 1.54) is 18.2 Å². The first-order valence-electron chi connectivity index (χ1n) is 10.3. The van der Waals surface area contributed by atoms with Gasteiger partial charge < -0.3 is 15.2 Å². The summed E-state index contributed by atoms with van der Waals surface area (Å²) in [6.45, 7) is 0.384. The molecular weight excluding hydrogens is 401 g/mol. The quantitative estimate of drug-likeness (QED) is 0.602. The van der Waals surface area contributed by atoms with E-state index < -0.39 is 17.8 Å². The summed E-state index contributed by atoms with van der Waals surface area (Å²) in [6.07, 6.45) is 6.72. The Morgan fingerprint density at radius 3 is 2.90 bits per heavy atom. The maximum absolute atomic E-state index is 13.8. The number of aromatic nitrogens is 4. The molecule has 3 aromatic rings. The van der Waals surface area contributed by atoms with Crippen LogP contribution in [0.2, 0.25) is 0 Å². The van der Waals surface area contributed by atoms with E-state index in [1.807, 2.05) is 18.3 Å². The lowest BCUT2D eigenvalue weighted by atomic mass is 9.96. The minimum Gasteiger partial charge on any atom is -0.394 e. The van der Waals surface area contributed by atoms with Crippen molar-refractivity contribution in [3.8, 4) is 11.3 Å². The Balaban J connectivity index is 1.30. The summed E-state index contributed by atoms with van der Waals surface area (Å²) in [5, 5.41) is 20.9. The van der Waals surface area contributed by atoms with E-state index >= 15 is 0 Å². The molecule has 0 radical (unpaired) electrons. The second kappa shape index (κ2) is 9.76. The Morgan fingerprint density at radius 2 is 2.13 bits per heavy atom. The second-order valence-electron chi connectivity index (χ2n) is 7.51. The highest BCUT2D eigenvalue weighted by atomic mass is 19.1. The van der Waals surface area contributed by atoms with Gasteiger partial charge in [-0.25, -0.2) is 4.39 Å². The average Bonchev–Trinajstić information content (AvgIpc) is 3.28. The van der Waals surface area contributed by atoms with Gasteiger partial charge >= 0.3 is 0 Å². The molecule has 3 heterocycles. The molecule has 3 atom stereocenters. The topological polar surface area (TPSA) is 102 Å². The van der Waals surface area contributed by atoms with Gasteiger partial charge in [0.1, 0.15) is 17.6 Å². The molecule has 1 amide bonds. The number of hydrogen-bond acceptors (Lipinski definition) is 6. The number of nitrogens with zero attached hydrogens (tertiary/aromatic N) is 4. The van der Waals surface area contributed by atoms with Gasteiger partial charge in [0.15, 0.2) is 0 Å². The fourth-order valence-electron chi connectivity index (χ4n) is 3.73. The third-order valence-electron chi connectivity index (χ3n) is 5.41. The molecule has 0 aliphatic carbocycles. The molecule has 31 heavy (non-hydrogen) atoms. The lowest BCUT2D eigenvalue weighted by Crippen LogP contribution is -2.51. The number of pyridine rings is 1. The number of nitrogens with one attached hydrogen (secondary N) is 1. The van der Waals surface area contributed by atoms with Crippen molar-refractivity contribution in [1.82, 2.24) is 25.3 Å². The minimum absolute atomic E-state index is 0.0167. The Bertz CT molecular complexity index is 1010. The first-order chi connectivity index (χ1) is 15.1. The van der Waals surface area contributed by atoms with E-state index in [1.54, 1.807) is 23.1 Å². The molecule has 1 aliphatic rings. The fourth-order valence-corrected chi connectivity index (χ4v) is 3.73. The highest BCUT2D eigenvalue weighted by Crippen LogP contribution is 2.23. The van der Waals surface area contributed by atoms with Crippen LogP contribution in [0, 0.1) is 5.82 Å². The van der Waals surface area contributed by atoms with Crippen LogP contribution in [0.15, 0.2) is 55.0 Å². The van der Waals surface area contributed by atoms with Gasteiger partial charge in [0.05, 0.1) is 30.5 Å². The Kier molecular flexibility index (Phi) is 6.63. The van der Waals surface area contributed by atoms with Gasteiger partial charge in [-0.2, -0.15) is 0 Å². The van der Waals surface area contributed by atoms with Gasteiger partial charge in [-0.1, -0.05) is 17.3 Å². The van der Waals surface area contributed by atoms with Crippen LogP contribution < -0.4 is 5.32 Å². The van der Waals surface area contributed by atoms with Crippen LogP contribution >= 0.6 is 0 Å². The monoisotopic (exact) mass is 425 g/mol. The van der Waals surface area contributed by atoms with Crippen LogP contribution in [0.1, 0.15) is 29.6 Å². The summed E-state index contributed by atoms with van der Waals surface area (Å²) in [7, 11) is 0. The molecule has 1 aliphatic heterocycles. The highest BCUT2D eigenvalue weighted by molar-refractivity contribution is 5.94. The molecule has 0 spiro atoms. The predicted octanol–water partition coefficient (Wildman–Crippen LogP) is 2.21. The number of benzene rings is 1.